The number of hydrogen-bond acceptors (Lipinski definition) is 5. The van der Waals surface area contributed by atoms with Gasteiger partial charge in [-0.05, 0) is 67.1 Å². The van der Waals surface area contributed by atoms with Gasteiger partial charge in [-0.3, -0.25) is 4.79 Å². The number of esters is 1. The zero-order valence-electron chi connectivity index (χ0n) is 17.6. The van der Waals surface area contributed by atoms with Crippen molar-refractivity contribution in [2.75, 3.05) is 5.32 Å². The van der Waals surface area contributed by atoms with Crippen molar-refractivity contribution in [2.45, 2.75) is 19.6 Å². The highest BCUT2D eigenvalue weighted by Crippen LogP contribution is 2.22. The smallest absolute Gasteiger partial charge is 0.387 e. The molecule has 1 N–H and O–H groups in total. The maximum atomic E-state index is 12.3. The Morgan fingerprint density at radius 1 is 0.848 bits per heavy atom. The van der Waals surface area contributed by atoms with E-state index in [1.165, 1.54) is 37.3 Å². The fourth-order valence-electron chi connectivity index (χ4n) is 2.67. The van der Waals surface area contributed by atoms with Crippen molar-refractivity contribution < 1.29 is 32.6 Å². The molecule has 0 heterocycles. The van der Waals surface area contributed by atoms with Crippen LogP contribution in [0.1, 0.15) is 12.5 Å². The molecule has 0 aliphatic carbocycles. The fourth-order valence-corrected chi connectivity index (χ4v) is 2.67. The number of rotatable bonds is 9. The number of ether oxygens (including phenoxy) is 3. The standard InChI is InChI=1S/C25H21F2NO5/c1-17(31-23(29)16-9-18-7-12-22(13-8-18)33-25(26)27)24(30)28-19-10-14-21(15-11-19)32-20-5-3-2-4-6-20/h2-17,25H,1H3,(H,28,30)/b16-9+/t17-/m1/s1. The zero-order chi connectivity index (χ0) is 23.6. The molecule has 0 unspecified atom stereocenters. The van der Waals surface area contributed by atoms with Crippen LogP contribution in [0, 0.1) is 0 Å². The van der Waals surface area contributed by atoms with Gasteiger partial charge in [-0.15, -0.1) is 0 Å². The molecule has 0 radical (unpaired) electrons. The summed E-state index contributed by atoms with van der Waals surface area (Å²) in [5, 5.41) is 2.66. The molecule has 0 aliphatic rings. The van der Waals surface area contributed by atoms with Crippen molar-refractivity contribution in [1.82, 2.24) is 0 Å². The number of para-hydroxylation sites is 1. The average molecular weight is 453 g/mol. The van der Waals surface area contributed by atoms with Gasteiger partial charge in [-0.1, -0.05) is 30.3 Å². The molecule has 8 heteroatoms. The van der Waals surface area contributed by atoms with Gasteiger partial charge in [0.15, 0.2) is 6.10 Å². The lowest BCUT2D eigenvalue weighted by Crippen LogP contribution is -2.29. The van der Waals surface area contributed by atoms with Gasteiger partial charge in [0.25, 0.3) is 5.91 Å². The summed E-state index contributed by atoms with van der Waals surface area (Å²) in [7, 11) is 0. The summed E-state index contributed by atoms with van der Waals surface area (Å²) < 4.78 is 39.4. The molecular formula is C25H21F2NO5. The molecule has 0 saturated heterocycles. The van der Waals surface area contributed by atoms with Crippen molar-refractivity contribution in [2.24, 2.45) is 0 Å². The molecule has 170 valence electrons. The number of halogens is 2. The van der Waals surface area contributed by atoms with Gasteiger partial charge in [-0.25, -0.2) is 4.79 Å². The predicted octanol–water partition coefficient (Wildman–Crippen LogP) is 5.66. The summed E-state index contributed by atoms with van der Waals surface area (Å²) in [5.41, 5.74) is 1.09. The van der Waals surface area contributed by atoms with Crippen LogP contribution in [0.5, 0.6) is 17.2 Å². The second-order valence-corrected chi connectivity index (χ2v) is 6.79. The molecule has 0 aliphatic heterocycles. The first-order valence-electron chi connectivity index (χ1n) is 9.96. The molecule has 0 spiro atoms. The summed E-state index contributed by atoms with van der Waals surface area (Å²) in [5.74, 6) is 0.0896. The minimum absolute atomic E-state index is 0.00896. The summed E-state index contributed by atoms with van der Waals surface area (Å²) in [6.45, 7) is -1.46. The Morgan fingerprint density at radius 3 is 2.09 bits per heavy atom. The highest BCUT2D eigenvalue weighted by atomic mass is 19.3. The van der Waals surface area contributed by atoms with Crippen LogP contribution in [-0.4, -0.2) is 24.6 Å². The summed E-state index contributed by atoms with van der Waals surface area (Å²) >= 11 is 0. The van der Waals surface area contributed by atoms with E-state index in [9.17, 15) is 18.4 Å². The summed E-state index contributed by atoms with van der Waals surface area (Å²) in [6.07, 6.45) is 1.54. The summed E-state index contributed by atoms with van der Waals surface area (Å²) in [6, 6.07) is 21.7. The first kappa shape index (κ1) is 23.5. The van der Waals surface area contributed by atoms with Gasteiger partial charge < -0.3 is 19.5 Å². The highest BCUT2D eigenvalue weighted by molar-refractivity contribution is 5.96. The van der Waals surface area contributed by atoms with Gasteiger partial charge in [0, 0.05) is 11.8 Å². The summed E-state index contributed by atoms with van der Waals surface area (Å²) in [4.78, 5) is 24.3. The van der Waals surface area contributed by atoms with Crippen LogP contribution in [0.2, 0.25) is 0 Å². The lowest BCUT2D eigenvalue weighted by Gasteiger charge is -2.13. The molecule has 1 amide bonds. The van der Waals surface area contributed by atoms with Gasteiger partial charge in [-0.2, -0.15) is 8.78 Å². The quantitative estimate of drug-likeness (QED) is 0.334. The van der Waals surface area contributed by atoms with E-state index in [4.69, 9.17) is 9.47 Å². The maximum absolute atomic E-state index is 12.3. The molecule has 1 atom stereocenters. The van der Waals surface area contributed by atoms with Crippen LogP contribution in [0.25, 0.3) is 6.08 Å². The maximum Gasteiger partial charge on any atom is 0.387 e. The molecule has 3 aromatic carbocycles. The molecular weight excluding hydrogens is 432 g/mol. The number of amides is 1. The third-order valence-electron chi connectivity index (χ3n) is 4.28. The minimum atomic E-state index is -2.91. The third kappa shape index (κ3) is 7.77. The molecule has 6 nitrogen and oxygen atoms in total. The van der Waals surface area contributed by atoms with Gasteiger partial charge in [0.2, 0.25) is 0 Å². The van der Waals surface area contributed by atoms with Crippen molar-refractivity contribution in [3.63, 3.8) is 0 Å². The van der Waals surface area contributed by atoms with Crippen molar-refractivity contribution >= 4 is 23.6 Å². The lowest BCUT2D eigenvalue weighted by molar-refractivity contribution is -0.148. The number of anilines is 1. The molecule has 0 aromatic heterocycles. The molecule has 0 saturated carbocycles. The van der Waals surface area contributed by atoms with Crippen LogP contribution in [0.15, 0.2) is 84.9 Å². The van der Waals surface area contributed by atoms with E-state index in [0.717, 1.165) is 6.08 Å². The van der Waals surface area contributed by atoms with E-state index in [1.807, 2.05) is 30.3 Å². The molecule has 0 fully saturated rings. The predicted molar refractivity (Wildman–Crippen MR) is 119 cm³/mol. The number of benzene rings is 3. The van der Waals surface area contributed by atoms with Gasteiger partial charge in [0.1, 0.15) is 17.2 Å². The molecule has 3 aromatic rings. The number of alkyl halides is 2. The fraction of sp³-hybridized carbons (Fsp3) is 0.120. The van der Waals surface area contributed by atoms with Crippen molar-refractivity contribution in [1.29, 1.82) is 0 Å². The zero-order valence-corrected chi connectivity index (χ0v) is 17.6. The lowest BCUT2D eigenvalue weighted by atomic mass is 10.2. The SMILES string of the molecule is C[C@@H](OC(=O)/C=C/c1ccc(OC(F)F)cc1)C(=O)Nc1ccc(Oc2ccccc2)cc1. The van der Waals surface area contributed by atoms with Crippen LogP contribution >= 0.6 is 0 Å². The Labute approximate surface area is 189 Å². The largest absolute Gasteiger partial charge is 0.457 e. The van der Waals surface area contributed by atoms with E-state index in [2.05, 4.69) is 10.1 Å². The van der Waals surface area contributed by atoms with E-state index in [1.54, 1.807) is 24.3 Å². The van der Waals surface area contributed by atoms with Crippen molar-refractivity contribution in [3.05, 3.63) is 90.5 Å². The Kier molecular flexibility index (Phi) is 8.13. The number of carbonyl (C=O) groups excluding carboxylic acids is 2. The molecule has 33 heavy (non-hydrogen) atoms. The van der Waals surface area contributed by atoms with Crippen LogP contribution in [-0.2, 0) is 14.3 Å². The van der Waals surface area contributed by atoms with E-state index >= 15 is 0 Å². The Bertz CT molecular complexity index is 1080. The van der Waals surface area contributed by atoms with Gasteiger partial charge >= 0.3 is 12.6 Å². The first-order valence-corrected chi connectivity index (χ1v) is 9.96. The van der Waals surface area contributed by atoms with Crippen LogP contribution in [0.3, 0.4) is 0 Å². The second kappa shape index (κ2) is 11.4. The Hall–Kier alpha value is -4.20. The van der Waals surface area contributed by atoms with Crippen LogP contribution in [0.4, 0.5) is 14.5 Å². The minimum Gasteiger partial charge on any atom is -0.457 e. The molecule has 0 bridgehead atoms. The topological polar surface area (TPSA) is 73.9 Å². The van der Waals surface area contributed by atoms with Crippen molar-refractivity contribution in [3.8, 4) is 17.2 Å². The van der Waals surface area contributed by atoms with Gasteiger partial charge in [0.05, 0.1) is 0 Å². The van der Waals surface area contributed by atoms with E-state index in [0.29, 0.717) is 22.7 Å². The average Bonchev–Trinajstić information content (AvgIpc) is 2.80. The van der Waals surface area contributed by atoms with E-state index < -0.39 is 24.6 Å². The second-order valence-electron chi connectivity index (χ2n) is 6.79. The monoisotopic (exact) mass is 453 g/mol. The number of nitrogens with one attached hydrogen (secondary N) is 1. The van der Waals surface area contributed by atoms with E-state index in [-0.39, 0.29) is 5.75 Å². The Morgan fingerprint density at radius 2 is 1.45 bits per heavy atom. The number of hydrogen-bond donors (Lipinski definition) is 1. The van der Waals surface area contributed by atoms with Crippen LogP contribution < -0.4 is 14.8 Å². The highest BCUT2D eigenvalue weighted by Gasteiger charge is 2.16. The number of carbonyl (C=O) groups is 2. The first-order chi connectivity index (χ1) is 15.9. The normalized spacial score (nSPS) is 11.8. The Balaban J connectivity index is 1.47. The third-order valence-corrected chi connectivity index (χ3v) is 4.28. The molecule has 3 rings (SSSR count).